The molecule has 1 aromatic rings. The van der Waals surface area contributed by atoms with Crippen LogP contribution in [0.2, 0.25) is 0 Å². The summed E-state index contributed by atoms with van der Waals surface area (Å²) >= 11 is 0. The first-order valence-electron chi connectivity index (χ1n) is 3.80. The summed E-state index contributed by atoms with van der Waals surface area (Å²) in [4.78, 5) is 21.6. The topological polar surface area (TPSA) is 56.5 Å². The molecule has 0 aromatic carbocycles. The quantitative estimate of drug-likeness (QED) is 0.520. The highest BCUT2D eigenvalue weighted by Crippen LogP contribution is 2.09. The van der Waals surface area contributed by atoms with E-state index in [0.717, 1.165) is 0 Å². The van der Waals surface area contributed by atoms with Crippen molar-refractivity contribution in [1.82, 2.24) is 0 Å². The van der Waals surface area contributed by atoms with Crippen molar-refractivity contribution in [3.05, 3.63) is 23.7 Å². The van der Waals surface area contributed by atoms with Crippen molar-refractivity contribution in [3.8, 4) is 0 Å². The van der Waals surface area contributed by atoms with E-state index >= 15 is 0 Å². The summed E-state index contributed by atoms with van der Waals surface area (Å²) in [6.45, 7) is 1.40. The molecule has 0 saturated carbocycles. The minimum atomic E-state index is -0.385. The second-order valence-electron chi connectivity index (χ2n) is 2.58. The van der Waals surface area contributed by atoms with Gasteiger partial charge in [-0.3, -0.25) is 9.59 Å². The van der Waals surface area contributed by atoms with Gasteiger partial charge in [-0.15, -0.1) is 0 Å². The number of methoxy groups -OCH3 is 1. The van der Waals surface area contributed by atoms with E-state index < -0.39 is 0 Å². The van der Waals surface area contributed by atoms with E-state index in [2.05, 4.69) is 4.74 Å². The van der Waals surface area contributed by atoms with Gasteiger partial charge in [-0.1, -0.05) is 0 Å². The summed E-state index contributed by atoms with van der Waals surface area (Å²) in [5, 5.41) is 0. The monoisotopic (exact) mass is 182 g/mol. The van der Waals surface area contributed by atoms with E-state index in [0.29, 0.717) is 5.76 Å². The summed E-state index contributed by atoms with van der Waals surface area (Å²) in [7, 11) is 1.30. The largest absolute Gasteiger partial charge is 0.469 e. The molecule has 0 aliphatic carbocycles. The van der Waals surface area contributed by atoms with Gasteiger partial charge < -0.3 is 9.15 Å². The van der Waals surface area contributed by atoms with Crippen LogP contribution in [0.1, 0.15) is 23.2 Å². The van der Waals surface area contributed by atoms with Crippen LogP contribution in [-0.4, -0.2) is 18.9 Å². The smallest absolute Gasteiger partial charge is 0.313 e. The number of esters is 1. The molecule has 0 aliphatic rings. The third kappa shape index (κ3) is 2.43. The van der Waals surface area contributed by atoms with E-state index in [9.17, 15) is 9.59 Å². The molecule has 0 aliphatic heterocycles. The van der Waals surface area contributed by atoms with E-state index in [1.165, 1.54) is 14.0 Å². The van der Waals surface area contributed by atoms with E-state index in [1.807, 2.05) is 0 Å². The molecule has 0 saturated heterocycles. The average molecular weight is 182 g/mol. The van der Waals surface area contributed by atoms with Crippen molar-refractivity contribution in [2.24, 2.45) is 0 Å². The standard InChI is InChI=1S/C9H10O4/c1-6(10)8-4-3-7(13-8)5-9(11)12-2/h3-4H,5H2,1-2H3. The van der Waals surface area contributed by atoms with Crippen LogP contribution in [-0.2, 0) is 16.0 Å². The van der Waals surface area contributed by atoms with Crippen molar-refractivity contribution in [3.63, 3.8) is 0 Å². The van der Waals surface area contributed by atoms with Gasteiger partial charge >= 0.3 is 5.97 Å². The average Bonchev–Trinajstić information content (AvgIpc) is 2.52. The highest BCUT2D eigenvalue weighted by atomic mass is 16.5. The van der Waals surface area contributed by atoms with E-state index in [4.69, 9.17) is 4.42 Å². The van der Waals surface area contributed by atoms with Gasteiger partial charge in [0.1, 0.15) is 12.2 Å². The molecule has 4 nitrogen and oxygen atoms in total. The Hall–Kier alpha value is -1.58. The number of furan rings is 1. The lowest BCUT2D eigenvalue weighted by Gasteiger charge is -1.94. The molecular weight excluding hydrogens is 172 g/mol. The van der Waals surface area contributed by atoms with Gasteiger partial charge in [0.25, 0.3) is 0 Å². The highest BCUT2D eigenvalue weighted by Gasteiger charge is 2.09. The van der Waals surface area contributed by atoms with Gasteiger partial charge in [0.2, 0.25) is 0 Å². The zero-order valence-corrected chi connectivity index (χ0v) is 7.49. The lowest BCUT2D eigenvalue weighted by Crippen LogP contribution is -2.03. The van der Waals surface area contributed by atoms with Crippen molar-refractivity contribution < 1.29 is 18.7 Å². The van der Waals surface area contributed by atoms with E-state index in [1.54, 1.807) is 12.1 Å². The molecule has 0 amide bonds. The summed E-state index contributed by atoms with van der Waals surface area (Å²) in [5.41, 5.74) is 0. The Kier molecular flexibility index (Phi) is 2.84. The summed E-state index contributed by atoms with van der Waals surface area (Å²) in [6, 6.07) is 3.13. The van der Waals surface area contributed by atoms with Crippen LogP contribution in [0.15, 0.2) is 16.5 Å². The molecule has 1 rings (SSSR count). The van der Waals surface area contributed by atoms with Gasteiger partial charge in [-0.25, -0.2) is 0 Å². The molecule has 0 fully saturated rings. The van der Waals surface area contributed by atoms with Crippen LogP contribution in [0.3, 0.4) is 0 Å². The van der Waals surface area contributed by atoms with Crippen LogP contribution in [0, 0.1) is 0 Å². The third-order valence-electron chi connectivity index (χ3n) is 1.55. The number of hydrogen-bond acceptors (Lipinski definition) is 4. The van der Waals surface area contributed by atoms with Gasteiger partial charge in [0.05, 0.1) is 7.11 Å². The zero-order chi connectivity index (χ0) is 9.84. The molecule has 0 atom stereocenters. The summed E-state index contributed by atoms with van der Waals surface area (Å²) in [6.07, 6.45) is 0.0593. The zero-order valence-electron chi connectivity index (χ0n) is 7.49. The molecule has 13 heavy (non-hydrogen) atoms. The van der Waals surface area contributed by atoms with Crippen LogP contribution in [0.25, 0.3) is 0 Å². The summed E-state index contributed by atoms with van der Waals surface area (Å²) in [5.74, 6) is 0.163. The minimum Gasteiger partial charge on any atom is -0.469 e. The number of ether oxygens (including phenoxy) is 1. The second-order valence-corrected chi connectivity index (χ2v) is 2.58. The molecule has 0 N–H and O–H groups in total. The Morgan fingerprint density at radius 3 is 2.62 bits per heavy atom. The second kappa shape index (κ2) is 3.89. The maximum atomic E-state index is 10.8. The molecule has 4 heteroatoms. The molecule has 1 aromatic heterocycles. The summed E-state index contributed by atoms with van der Waals surface area (Å²) < 4.78 is 9.51. The third-order valence-corrected chi connectivity index (χ3v) is 1.55. The Morgan fingerprint density at radius 2 is 2.15 bits per heavy atom. The first kappa shape index (κ1) is 9.51. The number of hydrogen-bond donors (Lipinski definition) is 0. The van der Waals surface area contributed by atoms with Crippen LogP contribution < -0.4 is 0 Å². The lowest BCUT2D eigenvalue weighted by atomic mass is 10.3. The number of carbonyl (C=O) groups excluding carboxylic acids is 2. The molecule has 0 bridgehead atoms. The maximum Gasteiger partial charge on any atom is 0.313 e. The van der Waals surface area contributed by atoms with Crippen LogP contribution in [0.5, 0.6) is 0 Å². The Labute approximate surface area is 75.5 Å². The molecule has 0 radical (unpaired) electrons. The fraction of sp³-hybridized carbons (Fsp3) is 0.333. The number of Topliss-reactive ketones (excluding diaryl/α,β-unsaturated/α-hetero) is 1. The minimum absolute atomic E-state index is 0.0593. The number of ketones is 1. The Balaban J connectivity index is 2.69. The maximum absolute atomic E-state index is 10.8. The molecule has 0 unspecified atom stereocenters. The number of carbonyl (C=O) groups is 2. The van der Waals surface area contributed by atoms with Crippen molar-refractivity contribution in [1.29, 1.82) is 0 Å². The van der Waals surface area contributed by atoms with Gasteiger partial charge in [0.15, 0.2) is 11.5 Å². The lowest BCUT2D eigenvalue weighted by molar-refractivity contribution is -0.140. The first-order chi connectivity index (χ1) is 6.13. The van der Waals surface area contributed by atoms with Gasteiger partial charge in [-0.05, 0) is 12.1 Å². The normalized spacial score (nSPS) is 9.69. The SMILES string of the molecule is COC(=O)Cc1ccc(C(C)=O)o1. The van der Waals surface area contributed by atoms with Gasteiger partial charge in [-0.2, -0.15) is 0 Å². The van der Waals surface area contributed by atoms with Crippen LogP contribution in [0.4, 0.5) is 0 Å². The molecule has 1 heterocycles. The van der Waals surface area contributed by atoms with Gasteiger partial charge in [0, 0.05) is 6.92 Å². The highest BCUT2D eigenvalue weighted by molar-refractivity contribution is 5.91. The fourth-order valence-corrected chi connectivity index (χ4v) is 0.877. The first-order valence-corrected chi connectivity index (χ1v) is 3.80. The Bertz CT molecular complexity index is 324. The van der Waals surface area contributed by atoms with E-state index in [-0.39, 0.29) is 23.9 Å². The van der Waals surface area contributed by atoms with Crippen molar-refractivity contribution in [2.75, 3.05) is 7.11 Å². The molecule has 0 spiro atoms. The Morgan fingerprint density at radius 1 is 1.46 bits per heavy atom. The molecular formula is C9H10O4. The van der Waals surface area contributed by atoms with Crippen LogP contribution >= 0.6 is 0 Å². The number of rotatable bonds is 3. The fourth-order valence-electron chi connectivity index (χ4n) is 0.877. The predicted octanol–water partition coefficient (Wildman–Crippen LogP) is 1.20. The van der Waals surface area contributed by atoms with Crippen molar-refractivity contribution >= 4 is 11.8 Å². The predicted molar refractivity (Wildman–Crippen MR) is 44.4 cm³/mol. The molecule has 70 valence electrons. The van der Waals surface area contributed by atoms with Crippen molar-refractivity contribution in [2.45, 2.75) is 13.3 Å².